The van der Waals surface area contributed by atoms with Gasteiger partial charge >= 0.3 is 0 Å². The molecule has 1 aliphatic heterocycles. The maximum atomic E-state index is 12.5. The molecule has 0 spiro atoms. The summed E-state index contributed by atoms with van der Waals surface area (Å²) in [6.45, 7) is 3.22. The molecule has 1 N–H and O–H groups in total. The van der Waals surface area contributed by atoms with E-state index in [1.807, 2.05) is 17.2 Å². The van der Waals surface area contributed by atoms with Crippen molar-refractivity contribution >= 4 is 17.2 Å². The number of aliphatic hydroxyl groups is 1. The summed E-state index contributed by atoms with van der Waals surface area (Å²) < 4.78 is 5.96. The quantitative estimate of drug-likeness (QED) is 0.934. The topological polar surface area (TPSA) is 49.8 Å². The summed E-state index contributed by atoms with van der Waals surface area (Å²) in [5, 5.41) is 14.5. The van der Waals surface area contributed by atoms with Crippen molar-refractivity contribution in [3.05, 3.63) is 22.4 Å². The summed E-state index contributed by atoms with van der Waals surface area (Å²) in [6, 6.07) is 2.06. The van der Waals surface area contributed by atoms with E-state index in [2.05, 4.69) is 11.4 Å². The molecular weight excluding hydrogens is 286 g/mol. The maximum Gasteiger partial charge on any atom is 0.225 e. The van der Waals surface area contributed by atoms with E-state index in [-0.39, 0.29) is 24.5 Å². The van der Waals surface area contributed by atoms with Gasteiger partial charge in [-0.15, -0.1) is 0 Å². The van der Waals surface area contributed by atoms with Crippen molar-refractivity contribution < 1.29 is 14.6 Å². The highest BCUT2D eigenvalue weighted by Gasteiger charge is 2.37. The van der Waals surface area contributed by atoms with Crippen molar-refractivity contribution in [3.63, 3.8) is 0 Å². The van der Waals surface area contributed by atoms with Crippen molar-refractivity contribution in [2.45, 2.75) is 56.8 Å². The molecule has 1 amide bonds. The summed E-state index contributed by atoms with van der Waals surface area (Å²) in [4.78, 5) is 14.4. The number of amides is 1. The minimum Gasteiger partial charge on any atom is -0.389 e. The summed E-state index contributed by atoms with van der Waals surface area (Å²) in [7, 11) is 0. The van der Waals surface area contributed by atoms with Gasteiger partial charge in [0.25, 0.3) is 0 Å². The predicted molar refractivity (Wildman–Crippen MR) is 82.2 cm³/mol. The molecule has 0 aromatic carbocycles. The Hall–Kier alpha value is -0.910. The SMILES string of the molecule is CC1CN(C(=O)CC2(O)CCCC2)CC(c2ccsc2)O1. The Morgan fingerprint density at radius 1 is 1.48 bits per heavy atom. The third-order valence-corrected chi connectivity index (χ3v) is 5.24. The smallest absolute Gasteiger partial charge is 0.225 e. The highest BCUT2D eigenvalue weighted by atomic mass is 32.1. The van der Waals surface area contributed by atoms with Crippen LogP contribution in [0.3, 0.4) is 0 Å². The van der Waals surface area contributed by atoms with Crippen molar-refractivity contribution in [3.8, 4) is 0 Å². The van der Waals surface area contributed by atoms with Gasteiger partial charge in [-0.25, -0.2) is 0 Å². The lowest BCUT2D eigenvalue weighted by Gasteiger charge is -2.38. The Labute approximate surface area is 129 Å². The van der Waals surface area contributed by atoms with E-state index in [0.717, 1.165) is 31.2 Å². The lowest BCUT2D eigenvalue weighted by Crippen LogP contribution is -2.47. The summed E-state index contributed by atoms with van der Waals surface area (Å²) >= 11 is 1.65. The fraction of sp³-hybridized carbons (Fsp3) is 0.688. The Kier molecular flexibility index (Phi) is 4.33. The number of morpholine rings is 1. The van der Waals surface area contributed by atoms with Crippen LogP contribution in [0, 0.1) is 0 Å². The standard InChI is InChI=1S/C16H23NO3S/c1-12-9-17(10-14(20-12)13-4-7-21-11-13)15(18)8-16(19)5-2-3-6-16/h4,7,11-12,14,19H,2-3,5-6,8-10H2,1H3. The normalized spacial score (nSPS) is 28.8. The molecule has 3 rings (SSSR count). The predicted octanol–water partition coefficient (Wildman–Crippen LogP) is 2.73. The lowest BCUT2D eigenvalue weighted by molar-refractivity contribution is -0.149. The van der Waals surface area contributed by atoms with Crippen LogP contribution in [-0.4, -0.2) is 40.7 Å². The highest BCUT2D eigenvalue weighted by molar-refractivity contribution is 7.07. The molecule has 2 unspecified atom stereocenters. The van der Waals surface area contributed by atoms with E-state index in [1.165, 1.54) is 0 Å². The first-order valence-corrected chi connectivity index (χ1v) is 8.68. The molecule has 21 heavy (non-hydrogen) atoms. The third-order valence-electron chi connectivity index (χ3n) is 4.54. The van der Waals surface area contributed by atoms with Crippen molar-refractivity contribution in [2.24, 2.45) is 0 Å². The zero-order chi connectivity index (χ0) is 14.9. The van der Waals surface area contributed by atoms with E-state index in [4.69, 9.17) is 4.74 Å². The number of carbonyl (C=O) groups is 1. The fourth-order valence-electron chi connectivity index (χ4n) is 3.40. The van der Waals surface area contributed by atoms with Crippen molar-refractivity contribution in [2.75, 3.05) is 13.1 Å². The number of thiophene rings is 1. The Morgan fingerprint density at radius 2 is 2.24 bits per heavy atom. The van der Waals surface area contributed by atoms with E-state index < -0.39 is 5.60 Å². The van der Waals surface area contributed by atoms with Crippen LogP contribution in [0.5, 0.6) is 0 Å². The molecule has 5 heteroatoms. The molecule has 1 aromatic heterocycles. The number of hydrogen-bond donors (Lipinski definition) is 1. The largest absolute Gasteiger partial charge is 0.389 e. The molecule has 116 valence electrons. The molecular formula is C16H23NO3S. The molecule has 4 nitrogen and oxygen atoms in total. The van der Waals surface area contributed by atoms with Crippen LogP contribution in [0.1, 0.15) is 50.7 Å². The van der Waals surface area contributed by atoms with Gasteiger partial charge in [0.1, 0.15) is 6.10 Å². The molecule has 0 radical (unpaired) electrons. The van der Waals surface area contributed by atoms with Crippen LogP contribution >= 0.6 is 11.3 Å². The monoisotopic (exact) mass is 309 g/mol. The van der Waals surface area contributed by atoms with Crippen molar-refractivity contribution in [1.29, 1.82) is 0 Å². The molecule has 1 aliphatic carbocycles. The zero-order valence-corrected chi connectivity index (χ0v) is 13.3. The van der Waals surface area contributed by atoms with Gasteiger partial charge in [0.2, 0.25) is 5.91 Å². The number of carbonyl (C=O) groups excluding carboxylic acids is 1. The van der Waals surface area contributed by atoms with Gasteiger partial charge < -0.3 is 14.7 Å². The second-order valence-corrected chi connectivity index (χ2v) is 7.18. The minimum atomic E-state index is -0.767. The van der Waals surface area contributed by atoms with Gasteiger partial charge in [-0.05, 0) is 42.2 Å². The summed E-state index contributed by atoms with van der Waals surface area (Å²) in [5.74, 6) is 0.0646. The van der Waals surface area contributed by atoms with Crippen LogP contribution in [0.4, 0.5) is 0 Å². The molecule has 2 aliphatic rings. The van der Waals surface area contributed by atoms with Crippen LogP contribution in [0.15, 0.2) is 16.8 Å². The zero-order valence-electron chi connectivity index (χ0n) is 12.5. The minimum absolute atomic E-state index is 0.0332. The first-order valence-electron chi connectivity index (χ1n) is 7.73. The van der Waals surface area contributed by atoms with E-state index >= 15 is 0 Å². The average Bonchev–Trinajstić information content (AvgIpc) is 3.09. The molecule has 2 heterocycles. The average molecular weight is 309 g/mol. The molecule has 1 saturated carbocycles. The van der Waals surface area contributed by atoms with Crippen LogP contribution in [-0.2, 0) is 9.53 Å². The molecule has 1 saturated heterocycles. The van der Waals surface area contributed by atoms with Gasteiger partial charge in [-0.2, -0.15) is 11.3 Å². The van der Waals surface area contributed by atoms with Gasteiger partial charge in [-0.1, -0.05) is 12.8 Å². The Balaban J connectivity index is 1.65. The number of rotatable bonds is 3. The van der Waals surface area contributed by atoms with E-state index in [1.54, 1.807) is 11.3 Å². The van der Waals surface area contributed by atoms with Crippen LogP contribution < -0.4 is 0 Å². The number of ether oxygens (including phenoxy) is 1. The first kappa shape index (κ1) is 15.0. The highest BCUT2D eigenvalue weighted by Crippen LogP contribution is 2.34. The van der Waals surface area contributed by atoms with Gasteiger partial charge in [0.05, 0.1) is 24.7 Å². The molecule has 2 atom stereocenters. The number of hydrogen-bond acceptors (Lipinski definition) is 4. The lowest BCUT2D eigenvalue weighted by atomic mass is 9.96. The summed E-state index contributed by atoms with van der Waals surface area (Å²) in [5.41, 5.74) is 0.375. The van der Waals surface area contributed by atoms with Crippen LogP contribution in [0.2, 0.25) is 0 Å². The van der Waals surface area contributed by atoms with E-state index in [9.17, 15) is 9.90 Å². The molecule has 1 aromatic rings. The first-order chi connectivity index (χ1) is 10.1. The van der Waals surface area contributed by atoms with Crippen LogP contribution in [0.25, 0.3) is 0 Å². The van der Waals surface area contributed by atoms with Gasteiger partial charge in [0.15, 0.2) is 0 Å². The molecule has 0 bridgehead atoms. The van der Waals surface area contributed by atoms with Gasteiger partial charge in [-0.3, -0.25) is 4.79 Å². The number of nitrogens with zero attached hydrogens (tertiary/aromatic N) is 1. The fourth-order valence-corrected chi connectivity index (χ4v) is 4.10. The summed E-state index contributed by atoms with van der Waals surface area (Å²) in [6.07, 6.45) is 3.82. The van der Waals surface area contributed by atoms with Crippen molar-refractivity contribution in [1.82, 2.24) is 4.90 Å². The Bertz CT molecular complexity index is 482. The Morgan fingerprint density at radius 3 is 2.90 bits per heavy atom. The molecule has 2 fully saturated rings. The second kappa shape index (κ2) is 6.07. The maximum absolute atomic E-state index is 12.5. The third kappa shape index (κ3) is 3.47. The van der Waals surface area contributed by atoms with Gasteiger partial charge in [0, 0.05) is 6.54 Å². The van der Waals surface area contributed by atoms with E-state index in [0.29, 0.717) is 13.1 Å². The second-order valence-electron chi connectivity index (χ2n) is 6.40.